The number of thiocarbonyl (C=S) groups is 1. The summed E-state index contributed by atoms with van der Waals surface area (Å²) < 4.78 is 28.1. The van der Waals surface area contributed by atoms with Gasteiger partial charge in [-0.05, 0) is 12.8 Å². The predicted molar refractivity (Wildman–Crippen MR) is 73.0 cm³/mol. The quantitative estimate of drug-likeness (QED) is 0.665. The first-order chi connectivity index (χ1) is 7.92. The van der Waals surface area contributed by atoms with Crippen molar-refractivity contribution in [3.05, 3.63) is 0 Å². The van der Waals surface area contributed by atoms with Crippen molar-refractivity contribution in [1.29, 1.82) is 0 Å². The Balaban J connectivity index is 2.90. The molecule has 0 aliphatic heterocycles. The fourth-order valence-corrected chi connectivity index (χ4v) is 3.47. The van der Waals surface area contributed by atoms with Gasteiger partial charge in [0.15, 0.2) is 0 Å². The van der Waals surface area contributed by atoms with Crippen LogP contribution < -0.4 is 15.2 Å². The zero-order chi connectivity index (χ0) is 12.9. The molecule has 0 saturated heterocycles. The summed E-state index contributed by atoms with van der Waals surface area (Å²) in [6.07, 6.45) is 6.67. The Morgan fingerprint density at radius 3 is 2.06 bits per heavy atom. The van der Waals surface area contributed by atoms with Gasteiger partial charge in [0.2, 0.25) is 0 Å². The van der Waals surface area contributed by atoms with E-state index < -0.39 is 15.7 Å². The third kappa shape index (κ3) is 4.17. The highest BCUT2D eigenvalue weighted by Gasteiger charge is 2.36. The van der Waals surface area contributed by atoms with Crippen LogP contribution in [-0.2, 0) is 10.2 Å². The Hall–Kier alpha value is -0.240. The monoisotopic (exact) mass is 279 g/mol. The fourth-order valence-electron chi connectivity index (χ4n) is 2.22. The molecule has 0 bridgehead atoms. The lowest BCUT2D eigenvalue weighted by atomic mass is 9.85. The molecule has 1 aliphatic carbocycles. The first-order valence-corrected chi connectivity index (χ1v) is 7.83. The lowest BCUT2D eigenvalue weighted by Crippen LogP contribution is -2.58. The summed E-state index contributed by atoms with van der Waals surface area (Å²) in [6, 6.07) is 0. The molecular formula is C10H21N3O2S2. The van der Waals surface area contributed by atoms with Crippen molar-refractivity contribution < 1.29 is 8.42 Å². The van der Waals surface area contributed by atoms with E-state index in [1.807, 2.05) is 0 Å². The van der Waals surface area contributed by atoms with Crippen LogP contribution in [-0.4, -0.2) is 26.0 Å². The molecular weight excluding hydrogens is 258 g/mol. The molecule has 100 valence electrons. The van der Waals surface area contributed by atoms with Gasteiger partial charge in [0.05, 0.1) is 10.5 Å². The Labute approximate surface area is 109 Å². The Morgan fingerprint density at radius 2 is 1.65 bits per heavy atom. The molecule has 1 rings (SSSR count). The van der Waals surface area contributed by atoms with Gasteiger partial charge < -0.3 is 5.73 Å². The largest absolute Gasteiger partial charge is 0.392 e. The highest BCUT2D eigenvalue weighted by atomic mass is 32.2. The summed E-state index contributed by atoms with van der Waals surface area (Å²) in [5.74, 6) is 0. The second-order valence-corrected chi connectivity index (χ2v) is 6.58. The van der Waals surface area contributed by atoms with Gasteiger partial charge in [0.25, 0.3) is 10.2 Å². The molecule has 0 aromatic heterocycles. The molecule has 5 nitrogen and oxygen atoms in total. The molecule has 4 N–H and O–H groups in total. The molecule has 7 heteroatoms. The first-order valence-electron chi connectivity index (χ1n) is 5.94. The van der Waals surface area contributed by atoms with Crippen molar-refractivity contribution in [2.24, 2.45) is 5.73 Å². The smallest absolute Gasteiger partial charge is 0.277 e. The van der Waals surface area contributed by atoms with Crippen LogP contribution >= 0.6 is 12.2 Å². The van der Waals surface area contributed by atoms with Gasteiger partial charge in [-0.15, -0.1) is 0 Å². The van der Waals surface area contributed by atoms with E-state index in [9.17, 15) is 8.42 Å². The normalized spacial score (nSPS) is 21.5. The molecule has 1 aliphatic rings. The van der Waals surface area contributed by atoms with Gasteiger partial charge in [-0.1, -0.05) is 44.3 Å². The molecule has 0 radical (unpaired) electrons. The van der Waals surface area contributed by atoms with Gasteiger partial charge in [0.1, 0.15) is 0 Å². The molecule has 0 aromatic rings. The summed E-state index contributed by atoms with van der Waals surface area (Å²) >= 11 is 5.07. The second kappa shape index (κ2) is 6.08. The van der Waals surface area contributed by atoms with E-state index in [4.69, 9.17) is 18.0 Å². The van der Waals surface area contributed by atoms with E-state index in [0.29, 0.717) is 12.8 Å². The predicted octanol–water partition coefficient (Wildman–Crippen LogP) is 0.809. The third-order valence-corrected chi connectivity index (χ3v) is 4.86. The van der Waals surface area contributed by atoms with Gasteiger partial charge >= 0.3 is 0 Å². The minimum absolute atomic E-state index is 0.248. The Morgan fingerprint density at radius 1 is 1.18 bits per heavy atom. The van der Waals surface area contributed by atoms with Crippen molar-refractivity contribution in [2.75, 3.05) is 7.05 Å². The van der Waals surface area contributed by atoms with Crippen LogP contribution in [0.3, 0.4) is 0 Å². The average Bonchev–Trinajstić information content (AvgIpc) is 2.22. The molecule has 17 heavy (non-hydrogen) atoms. The van der Waals surface area contributed by atoms with Crippen molar-refractivity contribution in [1.82, 2.24) is 9.44 Å². The van der Waals surface area contributed by atoms with Gasteiger partial charge in [-0.3, -0.25) is 0 Å². The van der Waals surface area contributed by atoms with Crippen molar-refractivity contribution in [2.45, 2.75) is 50.5 Å². The Kier molecular flexibility index (Phi) is 5.30. The molecule has 1 saturated carbocycles. The van der Waals surface area contributed by atoms with Crippen LogP contribution in [0.1, 0.15) is 44.9 Å². The third-order valence-electron chi connectivity index (χ3n) is 3.28. The highest BCUT2D eigenvalue weighted by Crippen LogP contribution is 2.27. The number of hydrogen-bond acceptors (Lipinski definition) is 3. The van der Waals surface area contributed by atoms with E-state index in [0.717, 1.165) is 25.7 Å². The number of hydrogen-bond donors (Lipinski definition) is 3. The van der Waals surface area contributed by atoms with Crippen LogP contribution in [0.2, 0.25) is 0 Å². The maximum absolute atomic E-state index is 11.6. The molecule has 1 fully saturated rings. The van der Waals surface area contributed by atoms with Crippen LogP contribution in [0.5, 0.6) is 0 Å². The van der Waals surface area contributed by atoms with E-state index in [1.54, 1.807) is 0 Å². The Bertz CT molecular complexity index is 360. The molecule has 0 atom stereocenters. The summed E-state index contributed by atoms with van der Waals surface area (Å²) in [6.45, 7) is 0. The first kappa shape index (κ1) is 14.8. The maximum atomic E-state index is 11.6. The SMILES string of the molecule is CNS(=O)(=O)NC1(C(N)=S)CCCCCCC1. The van der Waals surface area contributed by atoms with E-state index >= 15 is 0 Å². The van der Waals surface area contributed by atoms with Gasteiger partial charge in [-0.25, -0.2) is 4.72 Å². The van der Waals surface area contributed by atoms with Crippen LogP contribution in [0.25, 0.3) is 0 Å². The molecule has 0 unspecified atom stereocenters. The lowest BCUT2D eigenvalue weighted by Gasteiger charge is -2.34. The molecule has 0 spiro atoms. The van der Waals surface area contributed by atoms with E-state index in [1.165, 1.54) is 13.5 Å². The summed E-state index contributed by atoms with van der Waals surface area (Å²) in [4.78, 5) is 0.248. The molecule has 0 aromatic carbocycles. The summed E-state index contributed by atoms with van der Waals surface area (Å²) in [5, 5.41) is 0. The minimum atomic E-state index is -3.52. The number of nitrogens with two attached hydrogens (primary N) is 1. The van der Waals surface area contributed by atoms with Crippen molar-refractivity contribution >= 4 is 27.4 Å². The van der Waals surface area contributed by atoms with E-state index in [-0.39, 0.29) is 4.99 Å². The van der Waals surface area contributed by atoms with Crippen molar-refractivity contribution in [3.8, 4) is 0 Å². The average molecular weight is 279 g/mol. The van der Waals surface area contributed by atoms with Gasteiger partial charge in [-0.2, -0.15) is 13.1 Å². The molecule has 0 amide bonds. The number of rotatable bonds is 4. The number of nitrogens with one attached hydrogen (secondary N) is 2. The molecule has 0 heterocycles. The lowest BCUT2D eigenvalue weighted by molar-refractivity contribution is 0.370. The summed E-state index contributed by atoms with van der Waals surface area (Å²) in [5.41, 5.74) is 5.01. The zero-order valence-corrected chi connectivity index (χ0v) is 11.8. The maximum Gasteiger partial charge on any atom is 0.277 e. The summed E-state index contributed by atoms with van der Waals surface area (Å²) in [7, 11) is -2.14. The van der Waals surface area contributed by atoms with Crippen LogP contribution in [0, 0.1) is 0 Å². The van der Waals surface area contributed by atoms with Crippen LogP contribution in [0.4, 0.5) is 0 Å². The zero-order valence-electron chi connectivity index (χ0n) is 10.2. The minimum Gasteiger partial charge on any atom is -0.392 e. The standard InChI is InChI=1S/C10H21N3O2S2/c1-12-17(14,15)13-10(9(11)16)7-5-3-2-4-6-8-10/h12-13H,2-8H2,1H3,(H2,11,16). The van der Waals surface area contributed by atoms with Crippen molar-refractivity contribution in [3.63, 3.8) is 0 Å². The second-order valence-electron chi connectivity index (χ2n) is 4.52. The van der Waals surface area contributed by atoms with Gasteiger partial charge in [0, 0.05) is 7.05 Å². The highest BCUT2D eigenvalue weighted by molar-refractivity contribution is 7.87. The van der Waals surface area contributed by atoms with E-state index in [2.05, 4.69) is 9.44 Å². The fraction of sp³-hybridized carbons (Fsp3) is 0.900. The topological polar surface area (TPSA) is 84.2 Å². The van der Waals surface area contributed by atoms with Crippen LogP contribution in [0.15, 0.2) is 0 Å².